The molecule has 0 saturated carbocycles. The lowest BCUT2D eigenvalue weighted by Crippen LogP contribution is -2.38. The third kappa shape index (κ3) is 4.24. The number of sulfonamides is 1. The van der Waals surface area contributed by atoms with E-state index in [4.69, 9.17) is 0 Å². The zero-order chi connectivity index (χ0) is 21.1. The molecule has 0 aliphatic carbocycles. The molecule has 9 nitrogen and oxygen atoms in total. The van der Waals surface area contributed by atoms with Crippen molar-refractivity contribution in [3.63, 3.8) is 0 Å². The van der Waals surface area contributed by atoms with Crippen molar-refractivity contribution in [1.82, 2.24) is 24.2 Å². The summed E-state index contributed by atoms with van der Waals surface area (Å²) >= 11 is 0. The maximum atomic E-state index is 13.1. The number of carbonyl (C=O) groups excluding carboxylic acids is 1. The van der Waals surface area contributed by atoms with Gasteiger partial charge in [0.05, 0.1) is 4.90 Å². The van der Waals surface area contributed by atoms with E-state index in [1.54, 1.807) is 43.7 Å². The lowest BCUT2D eigenvalue weighted by molar-refractivity contribution is 0.102. The highest BCUT2D eigenvalue weighted by atomic mass is 32.2. The fourth-order valence-electron chi connectivity index (χ4n) is 3.53. The molecule has 1 aliphatic heterocycles. The monoisotopic (exact) mass is 426 g/mol. The summed E-state index contributed by atoms with van der Waals surface area (Å²) in [5.41, 5.74) is 0.248. The van der Waals surface area contributed by atoms with Gasteiger partial charge in [-0.2, -0.15) is 4.31 Å². The van der Waals surface area contributed by atoms with Crippen LogP contribution in [0.15, 0.2) is 53.8 Å². The molecule has 0 spiro atoms. The Morgan fingerprint density at radius 2 is 1.97 bits per heavy atom. The van der Waals surface area contributed by atoms with Crippen molar-refractivity contribution in [2.24, 2.45) is 0 Å². The van der Waals surface area contributed by atoms with Gasteiger partial charge < -0.3 is 10.3 Å². The number of imidazole rings is 1. The van der Waals surface area contributed by atoms with Gasteiger partial charge in [0, 0.05) is 43.2 Å². The van der Waals surface area contributed by atoms with Crippen molar-refractivity contribution in [2.75, 3.05) is 18.4 Å². The normalized spacial score (nSPS) is 15.8. The van der Waals surface area contributed by atoms with Crippen LogP contribution in [0.2, 0.25) is 0 Å². The first-order valence-electron chi connectivity index (χ1n) is 9.64. The summed E-state index contributed by atoms with van der Waals surface area (Å²) in [6, 6.07) is 7.64. The predicted octanol–water partition coefficient (Wildman–Crippen LogP) is 2.33. The summed E-state index contributed by atoms with van der Waals surface area (Å²) in [4.78, 5) is 28.2. The molecule has 1 aromatic carbocycles. The van der Waals surface area contributed by atoms with Crippen LogP contribution in [0.1, 0.15) is 40.8 Å². The van der Waals surface area contributed by atoms with E-state index in [2.05, 4.69) is 25.3 Å². The molecule has 2 N–H and O–H groups in total. The van der Waals surface area contributed by atoms with Gasteiger partial charge in [0.15, 0.2) is 0 Å². The van der Waals surface area contributed by atoms with Crippen molar-refractivity contribution in [3.8, 4) is 0 Å². The maximum Gasteiger partial charge on any atom is 0.256 e. The Morgan fingerprint density at radius 1 is 1.17 bits per heavy atom. The highest BCUT2D eigenvalue weighted by Gasteiger charge is 2.31. The van der Waals surface area contributed by atoms with Gasteiger partial charge in [0.25, 0.3) is 5.91 Å². The topological polar surface area (TPSA) is 121 Å². The number of H-pyrrole nitrogens is 1. The molecule has 0 bridgehead atoms. The number of aryl methyl sites for hydroxylation is 1. The minimum atomic E-state index is -3.69. The van der Waals surface area contributed by atoms with E-state index >= 15 is 0 Å². The van der Waals surface area contributed by atoms with Crippen LogP contribution in [0.3, 0.4) is 0 Å². The number of nitrogens with zero attached hydrogens (tertiary/aromatic N) is 4. The first-order chi connectivity index (χ1) is 14.4. The van der Waals surface area contributed by atoms with Gasteiger partial charge in [-0.05, 0) is 44.0 Å². The number of aromatic amines is 1. The number of piperidine rings is 1. The lowest BCUT2D eigenvalue weighted by Gasteiger charge is -2.30. The van der Waals surface area contributed by atoms with Crippen LogP contribution in [-0.2, 0) is 10.0 Å². The Morgan fingerprint density at radius 3 is 2.67 bits per heavy atom. The number of carbonyl (C=O) groups is 1. The van der Waals surface area contributed by atoms with Gasteiger partial charge >= 0.3 is 0 Å². The number of aromatic nitrogens is 4. The van der Waals surface area contributed by atoms with E-state index in [0.717, 1.165) is 5.82 Å². The summed E-state index contributed by atoms with van der Waals surface area (Å²) in [7, 11) is -3.69. The maximum absolute atomic E-state index is 13.1. The number of amides is 1. The molecule has 10 heteroatoms. The molecule has 1 fully saturated rings. The van der Waals surface area contributed by atoms with E-state index in [1.165, 1.54) is 16.4 Å². The second kappa shape index (κ2) is 8.33. The summed E-state index contributed by atoms with van der Waals surface area (Å²) in [5, 5.41) is 2.67. The molecule has 4 rings (SSSR count). The Balaban J connectivity index is 1.48. The number of rotatable bonds is 5. The smallest absolute Gasteiger partial charge is 0.256 e. The first-order valence-corrected chi connectivity index (χ1v) is 11.1. The molecule has 0 radical (unpaired) electrons. The first kappa shape index (κ1) is 20.2. The van der Waals surface area contributed by atoms with Gasteiger partial charge in [0.2, 0.25) is 10.0 Å². The van der Waals surface area contributed by atoms with E-state index in [9.17, 15) is 13.2 Å². The van der Waals surface area contributed by atoms with E-state index in [-0.39, 0.29) is 16.4 Å². The number of benzene rings is 1. The fraction of sp³-hybridized carbons (Fsp3) is 0.300. The number of nitrogens with one attached hydrogen (secondary N) is 2. The molecule has 1 amide bonds. The largest absolute Gasteiger partial charge is 0.348 e. The van der Waals surface area contributed by atoms with Crippen LogP contribution in [0.25, 0.3) is 0 Å². The molecule has 156 valence electrons. The Labute approximate surface area is 174 Å². The second-order valence-electron chi connectivity index (χ2n) is 7.12. The Hall–Kier alpha value is -3.11. The average Bonchev–Trinajstić information content (AvgIpc) is 3.29. The van der Waals surface area contributed by atoms with Crippen LogP contribution in [-0.4, -0.2) is 51.7 Å². The molecule has 1 aliphatic rings. The third-order valence-corrected chi connectivity index (χ3v) is 7.01. The molecule has 0 atom stereocenters. The van der Waals surface area contributed by atoms with Gasteiger partial charge in [-0.15, -0.1) is 0 Å². The highest BCUT2D eigenvalue weighted by molar-refractivity contribution is 7.89. The molecule has 3 heterocycles. The van der Waals surface area contributed by atoms with Crippen LogP contribution in [0, 0.1) is 6.92 Å². The SMILES string of the molecule is Cc1nccc(NC(=O)c2cccc(S(=O)(=O)N3CCC(c4ncc[nH]4)CC3)c2)n1. The third-order valence-electron chi connectivity index (χ3n) is 5.11. The van der Waals surface area contributed by atoms with Gasteiger partial charge in [-0.25, -0.2) is 23.4 Å². The van der Waals surface area contributed by atoms with Crippen LogP contribution in [0.5, 0.6) is 0 Å². The Bertz CT molecular complexity index is 1140. The predicted molar refractivity (Wildman–Crippen MR) is 110 cm³/mol. The molecule has 2 aromatic heterocycles. The minimum Gasteiger partial charge on any atom is -0.348 e. The van der Waals surface area contributed by atoms with Crippen molar-refractivity contribution in [2.45, 2.75) is 30.6 Å². The molecule has 3 aromatic rings. The molecular weight excluding hydrogens is 404 g/mol. The quantitative estimate of drug-likeness (QED) is 0.646. The van der Waals surface area contributed by atoms with Crippen LogP contribution < -0.4 is 5.32 Å². The standard InChI is InChI=1S/C20H22N6O3S/c1-14-21-8-5-18(24-14)25-20(27)16-3-2-4-17(13-16)30(28,29)26-11-6-15(7-12-26)19-22-9-10-23-19/h2-5,8-10,13,15H,6-7,11-12H2,1H3,(H,22,23)(H,21,24,25,27). The van der Waals surface area contributed by atoms with Crippen molar-refractivity contribution in [1.29, 1.82) is 0 Å². The molecule has 0 unspecified atom stereocenters. The second-order valence-corrected chi connectivity index (χ2v) is 9.06. The van der Waals surface area contributed by atoms with Crippen molar-refractivity contribution < 1.29 is 13.2 Å². The zero-order valence-corrected chi connectivity index (χ0v) is 17.3. The fourth-order valence-corrected chi connectivity index (χ4v) is 5.05. The van der Waals surface area contributed by atoms with E-state index < -0.39 is 15.9 Å². The summed E-state index contributed by atoms with van der Waals surface area (Å²) in [5.74, 6) is 1.58. The molecular formula is C20H22N6O3S. The number of anilines is 1. The molecule has 30 heavy (non-hydrogen) atoms. The van der Waals surface area contributed by atoms with Gasteiger partial charge in [0.1, 0.15) is 17.5 Å². The number of hydrogen-bond donors (Lipinski definition) is 2. The highest BCUT2D eigenvalue weighted by Crippen LogP contribution is 2.29. The van der Waals surface area contributed by atoms with Gasteiger partial charge in [-0.3, -0.25) is 4.79 Å². The van der Waals surface area contributed by atoms with Crippen LogP contribution >= 0.6 is 0 Å². The van der Waals surface area contributed by atoms with Crippen molar-refractivity contribution in [3.05, 3.63) is 66.1 Å². The lowest BCUT2D eigenvalue weighted by atomic mass is 9.98. The summed E-state index contributed by atoms with van der Waals surface area (Å²) in [6.45, 7) is 2.53. The van der Waals surface area contributed by atoms with E-state index in [1.807, 2.05) is 0 Å². The minimum absolute atomic E-state index is 0.102. The number of hydrogen-bond acceptors (Lipinski definition) is 6. The van der Waals surface area contributed by atoms with Crippen molar-refractivity contribution >= 4 is 21.7 Å². The van der Waals surface area contributed by atoms with E-state index in [0.29, 0.717) is 37.6 Å². The van der Waals surface area contributed by atoms with Gasteiger partial charge in [-0.1, -0.05) is 6.07 Å². The summed E-state index contributed by atoms with van der Waals surface area (Å²) in [6.07, 6.45) is 6.42. The summed E-state index contributed by atoms with van der Waals surface area (Å²) < 4.78 is 27.7. The Kier molecular flexibility index (Phi) is 5.60. The average molecular weight is 427 g/mol. The zero-order valence-electron chi connectivity index (χ0n) is 16.4. The van der Waals surface area contributed by atoms with Crippen LogP contribution in [0.4, 0.5) is 5.82 Å². The molecule has 1 saturated heterocycles.